The zero-order valence-corrected chi connectivity index (χ0v) is 15.4. The summed E-state index contributed by atoms with van der Waals surface area (Å²) < 4.78 is 4.00. The number of rotatable bonds is 3. The molecule has 0 bridgehead atoms. The summed E-state index contributed by atoms with van der Waals surface area (Å²) in [5.41, 5.74) is 6.28. The average molecular weight is 350 g/mol. The Morgan fingerprint density at radius 2 is 2.08 bits per heavy atom. The Morgan fingerprint density at radius 3 is 2.73 bits per heavy atom. The standard InChI is InChI=1S/C19H22N6O/c1-11(2)25-19-15(18(23-25)14-6-5-12(3)20-10-14)7-8-24-16(19)9-17(22-24)21-13(4)26/h5-6,9-11H,7-8H2,1-4H3,(H,21,22,26). The molecule has 4 rings (SSSR count). The summed E-state index contributed by atoms with van der Waals surface area (Å²) in [5.74, 6) is 0.458. The van der Waals surface area contributed by atoms with E-state index in [1.54, 1.807) is 0 Å². The van der Waals surface area contributed by atoms with E-state index in [4.69, 9.17) is 5.10 Å². The van der Waals surface area contributed by atoms with Crippen LogP contribution in [0.15, 0.2) is 24.4 Å². The second-order valence-electron chi connectivity index (χ2n) is 6.97. The van der Waals surface area contributed by atoms with E-state index in [1.165, 1.54) is 12.5 Å². The molecule has 0 spiro atoms. The highest BCUT2D eigenvalue weighted by Crippen LogP contribution is 2.38. The molecular weight excluding hydrogens is 328 g/mol. The van der Waals surface area contributed by atoms with Crippen molar-refractivity contribution in [3.63, 3.8) is 0 Å². The molecule has 4 heterocycles. The Labute approximate surface area is 152 Å². The van der Waals surface area contributed by atoms with Crippen LogP contribution in [0.5, 0.6) is 0 Å². The quantitative estimate of drug-likeness (QED) is 0.787. The minimum atomic E-state index is -0.121. The fourth-order valence-electron chi connectivity index (χ4n) is 3.43. The first-order valence-electron chi connectivity index (χ1n) is 8.84. The summed E-state index contributed by atoms with van der Waals surface area (Å²) in [6, 6.07) is 6.22. The molecular formula is C19H22N6O. The predicted octanol–water partition coefficient (Wildman–Crippen LogP) is 3.21. The largest absolute Gasteiger partial charge is 0.309 e. The summed E-state index contributed by atoms with van der Waals surface area (Å²) >= 11 is 0. The molecule has 134 valence electrons. The fourth-order valence-corrected chi connectivity index (χ4v) is 3.43. The first kappa shape index (κ1) is 16.5. The van der Waals surface area contributed by atoms with E-state index < -0.39 is 0 Å². The van der Waals surface area contributed by atoms with E-state index in [1.807, 2.05) is 29.9 Å². The van der Waals surface area contributed by atoms with Crippen LogP contribution in [0.4, 0.5) is 5.82 Å². The third-order valence-corrected chi connectivity index (χ3v) is 4.58. The van der Waals surface area contributed by atoms with Crippen LogP contribution in [0.2, 0.25) is 0 Å². The lowest BCUT2D eigenvalue weighted by Crippen LogP contribution is -2.15. The van der Waals surface area contributed by atoms with Crippen molar-refractivity contribution < 1.29 is 4.79 Å². The van der Waals surface area contributed by atoms with Crippen molar-refractivity contribution in [1.29, 1.82) is 0 Å². The number of pyridine rings is 1. The van der Waals surface area contributed by atoms with E-state index in [-0.39, 0.29) is 11.9 Å². The molecule has 1 amide bonds. The Kier molecular flexibility index (Phi) is 3.86. The number of anilines is 1. The molecule has 0 aliphatic carbocycles. The van der Waals surface area contributed by atoms with Gasteiger partial charge in [0.05, 0.1) is 17.1 Å². The smallest absolute Gasteiger partial charge is 0.222 e. The van der Waals surface area contributed by atoms with Crippen LogP contribution in [0.3, 0.4) is 0 Å². The minimum Gasteiger partial charge on any atom is -0.309 e. The van der Waals surface area contributed by atoms with Gasteiger partial charge in [-0.15, -0.1) is 0 Å². The molecule has 1 aliphatic rings. The van der Waals surface area contributed by atoms with Gasteiger partial charge in [0, 0.05) is 48.6 Å². The van der Waals surface area contributed by atoms with Crippen molar-refractivity contribution in [2.24, 2.45) is 0 Å². The van der Waals surface area contributed by atoms with E-state index >= 15 is 0 Å². The molecule has 0 fully saturated rings. The van der Waals surface area contributed by atoms with E-state index in [2.05, 4.69) is 40.0 Å². The maximum atomic E-state index is 11.4. The molecule has 7 heteroatoms. The zero-order chi connectivity index (χ0) is 18.4. The van der Waals surface area contributed by atoms with Crippen LogP contribution >= 0.6 is 0 Å². The van der Waals surface area contributed by atoms with Crippen LogP contribution in [-0.2, 0) is 17.8 Å². The molecule has 1 aliphatic heterocycles. The second-order valence-corrected chi connectivity index (χ2v) is 6.97. The highest BCUT2D eigenvalue weighted by molar-refractivity contribution is 5.88. The maximum Gasteiger partial charge on any atom is 0.222 e. The monoisotopic (exact) mass is 350 g/mol. The van der Waals surface area contributed by atoms with Gasteiger partial charge in [-0.2, -0.15) is 10.2 Å². The van der Waals surface area contributed by atoms with Crippen LogP contribution in [-0.4, -0.2) is 30.5 Å². The number of hydrogen-bond acceptors (Lipinski definition) is 4. The van der Waals surface area contributed by atoms with Crippen molar-refractivity contribution in [2.45, 2.75) is 46.7 Å². The molecule has 0 saturated carbocycles. The summed E-state index contributed by atoms with van der Waals surface area (Å²) in [6.07, 6.45) is 2.73. The molecule has 3 aromatic rings. The number of hydrogen-bond donors (Lipinski definition) is 1. The van der Waals surface area contributed by atoms with Crippen molar-refractivity contribution in [2.75, 3.05) is 5.32 Å². The number of nitrogens with one attached hydrogen (secondary N) is 1. The van der Waals surface area contributed by atoms with Gasteiger partial charge in [-0.25, -0.2) is 0 Å². The summed E-state index contributed by atoms with van der Waals surface area (Å²) in [4.78, 5) is 15.8. The Balaban J connectivity index is 1.88. The number of aromatic nitrogens is 5. The molecule has 1 N–H and O–H groups in total. The Hall–Kier alpha value is -2.96. The van der Waals surface area contributed by atoms with Crippen LogP contribution in [0.1, 0.15) is 38.1 Å². The van der Waals surface area contributed by atoms with Gasteiger partial charge in [-0.05, 0) is 39.3 Å². The second kappa shape index (κ2) is 6.09. The SMILES string of the molecule is CC(=O)Nc1cc2n(n1)CCc1c(-c3ccc(C)nc3)nn(C(C)C)c1-2. The lowest BCUT2D eigenvalue weighted by molar-refractivity contribution is -0.114. The van der Waals surface area contributed by atoms with Gasteiger partial charge in [0.1, 0.15) is 0 Å². The van der Waals surface area contributed by atoms with Gasteiger partial charge < -0.3 is 5.32 Å². The molecule has 0 aromatic carbocycles. The third kappa shape index (κ3) is 2.69. The van der Waals surface area contributed by atoms with Crippen LogP contribution in [0, 0.1) is 6.92 Å². The number of nitrogens with zero attached hydrogens (tertiary/aromatic N) is 5. The van der Waals surface area contributed by atoms with Gasteiger partial charge in [0.15, 0.2) is 5.82 Å². The van der Waals surface area contributed by atoms with Crippen LogP contribution < -0.4 is 5.32 Å². The fraction of sp³-hybridized carbons (Fsp3) is 0.368. The predicted molar refractivity (Wildman–Crippen MR) is 99.8 cm³/mol. The topological polar surface area (TPSA) is 77.6 Å². The number of fused-ring (bicyclic) bond motifs is 3. The van der Waals surface area contributed by atoms with Gasteiger partial charge >= 0.3 is 0 Å². The Bertz CT molecular complexity index is 980. The zero-order valence-electron chi connectivity index (χ0n) is 15.4. The summed E-state index contributed by atoms with van der Waals surface area (Å²) in [6.45, 7) is 8.47. The summed E-state index contributed by atoms with van der Waals surface area (Å²) in [7, 11) is 0. The molecule has 0 atom stereocenters. The van der Waals surface area contributed by atoms with Crippen molar-refractivity contribution in [3.05, 3.63) is 35.7 Å². The molecule has 0 saturated heterocycles. The molecule has 7 nitrogen and oxygen atoms in total. The highest BCUT2D eigenvalue weighted by Gasteiger charge is 2.28. The lowest BCUT2D eigenvalue weighted by Gasteiger charge is -2.18. The molecule has 26 heavy (non-hydrogen) atoms. The van der Waals surface area contributed by atoms with E-state index in [0.717, 1.165) is 41.3 Å². The lowest BCUT2D eigenvalue weighted by atomic mass is 10.00. The minimum absolute atomic E-state index is 0.121. The first-order chi connectivity index (χ1) is 12.4. The van der Waals surface area contributed by atoms with Crippen molar-refractivity contribution in [1.82, 2.24) is 24.5 Å². The first-order valence-corrected chi connectivity index (χ1v) is 8.84. The number of carbonyl (C=O) groups excluding carboxylic acids is 1. The highest BCUT2D eigenvalue weighted by atomic mass is 16.1. The average Bonchev–Trinajstić information content (AvgIpc) is 3.15. The maximum absolute atomic E-state index is 11.4. The number of amides is 1. The summed E-state index contributed by atoms with van der Waals surface area (Å²) in [5, 5.41) is 12.2. The number of aryl methyl sites for hydroxylation is 2. The normalized spacial score (nSPS) is 12.8. The van der Waals surface area contributed by atoms with Gasteiger partial charge in [-0.3, -0.25) is 19.1 Å². The molecule has 0 unspecified atom stereocenters. The third-order valence-electron chi connectivity index (χ3n) is 4.58. The van der Waals surface area contributed by atoms with Crippen molar-refractivity contribution >= 4 is 11.7 Å². The Morgan fingerprint density at radius 1 is 1.27 bits per heavy atom. The van der Waals surface area contributed by atoms with Gasteiger partial charge in [-0.1, -0.05) is 0 Å². The van der Waals surface area contributed by atoms with Crippen LogP contribution in [0.25, 0.3) is 22.6 Å². The van der Waals surface area contributed by atoms with Gasteiger partial charge in [0.25, 0.3) is 0 Å². The van der Waals surface area contributed by atoms with E-state index in [0.29, 0.717) is 5.82 Å². The van der Waals surface area contributed by atoms with Crippen molar-refractivity contribution in [3.8, 4) is 22.6 Å². The van der Waals surface area contributed by atoms with E-state index in [9.17, 15) is 4.79 Å². The number of carbonyl (C=O) groups is 1. The molecule has 3 aromatic heterocycles. The van der Waals surface area contributed by atoms with Gasteiger partial charge in [0.2, 0.25) is 5.91 Å². The molecule has 0 radical (unpaired) electrons.